The number of hydrogen-bond acceptors (Lipinski definition) is 5. The molecule has 8 nitrogen and oxygen atoms in total. The lowest BCUT2D eigenvalue weighted by Gasteiger charge is -2.38. The molecule has 0 bridgehead atoms. The van der Waals surface area contributed by atoms with Gasteiger partial charge >= 0.3 is 0 Å². The second kappa shape index (κ2) is 8.39. The van der Waals surface area contributed by atoms with Gasteiger partial charge in [-0.3, -0.25) is 14.4 Å². The van der Waals surface area contributed by atoms with Crippen LogP contribution in [0.5, 0.6) is 0 Å². The van der Waals surface area contributed by atoms with Crippen LogP contribution < -0.4 is 5.56 Å². The summed E-state index contributed by atoms with van der Waals surface area (Å²) in [7, 11) is 0. The molecule has 1 N–H and O–H groups in total. The zero-order chi connectivity index (χ0) is 21.5. The van der Waals surface area contributed by atoms with E-state index in [0.29, 0.717) is 32.8 Å². The van der Waals surface area contributed by atoms with E-state index in [4.69, 9.17) is 4.74 Å². The van der Waals surface area contributed by atoms with E-state index in [2.05, 4.69) is 0 Å². The van der Waals surface area contributed by atoms with Crippen LogP contribution >= 0.6 is 0 Å². The number of ether oxygens (including phenoxy) is 1. The van der Waals surface area contributed by atoms with Crippen molar-refractivity contribution in [2.45, 2.75) is 50.7 Å². The summed E-state index contributed by atoms with van der Waals surface area (Å²) in [4.78, 5) is 43.6. The van der Waals surface area contributed by atoms with E-state index < -0.39 is 6.04 Å². The Morgan fingerprint density at radius 3 is 2.52 bits per heavy atom. The van der Waals surface area contributed by atoms with Gasteiger partial charge in [0, 0.05) is 55.8 Å². The minimum absolute atomic E-state index is 0.0158. The molecule has 2 amide bonds. The number of carbonyl (C=O) groups is 2. The molecule has 31 heavy (non-hydrogen) atoms. The molecule has 1 saturated carbocycles. The summed E-state index contributed by atoms with van der Waals surface area (Å²) >= 11 is 0. The summed E-state index contributed by atoms with van der Waals surface area (Å²) < 4.78 is 7.12. The fraction of sp³-hybridized carbons (Fsp3) is 0.696. The number of aliphatic hydroxyl groups is 1. The van der Waals surface area contributed by atoms with Gasteiger partial charge in [0.05, 0.1) is 19.3 Å². The van der Waals surface area contributed by atoms with Gasteiger partial charge in [-0.2, -0.15) is 0 Å². The number of aliphatic hydroxyl groups excluding tert-OH is 1. The van der Waals surface area contributed by atoms with E-state index in [1.807, 2.05) is 6.07 Å². The van der Waals surface area contributed by atoms with Gasteiger partial charge in [0.1, 0.15) is 6.04 Å². The van der Waals surface area contributed by atoms with Gasteiger partial charge in [0.2, 0.25) is 11.8 Å². The predicted octanol–water partition coefficient (Wildman–Crippen LogP) is 0.778. The maximum absolute atomic E-state index is 13.9. The second-order valence-corrected chi connectivity index (χ2v) is 9.32. The lowest BCUT2D eigenvalue weighted by molar-refractivity contribution is -0.152. The third-order valence-electron chi connectivity index (χ3n) is 7.74. The fourth-order valence-corrected chi connectivity index (χ4v) is 6.19. The number of hydrogen-bond donors (Lipinski definition) is 1. The van der Waals surface area contributed by atoms with Crippen molar-refractivity contribution in [1.82, 2.24) is 14.4 Å². The molecule has 0 radical (unpaired) electrons. The first-order valence-corrected chi connectivity index (χ1v) is 11.6. The number of pyridine rings is 1. The number of fused-ring (bicyclic) bond motifs is 3. The number of morpholine rings is 1. The number of carbonyl (C=O) groups excluding carboxylic acids is 2. The molecule has 0 aromatic carbocycles. The first-order valence-electron chi connectivity index (χ1n) is 11.6. The summed E-state index contributed by atoms with van der Waals surface area (Å²) in [5.74, 6) is -0.682. The van der Waals surface area contributed by atoms with Crippen LogP contribution in [0, 0.1) is 17.8 Å². The molecular formula is C23H31N3O5. The Kier molecular flexibility index (Phi) is 5.60. The summed E-state index contributed by atoms with van der Waals surface area (Å²) in [5, 5.41) is 10.4. The highest BCUT2D eigenvalue weighted by atomic mass is 16.5. The number of rotatable bonds is 3. The van der Waals surface area contributed by atoms with Crippen molar-refractivity contribution >= 4 is 11.8 Å². The van der Waals surface area contributed by atoms with Gasteiger partial charge in [-0.05, 0) is 18.9 Å². The predicted molar refractivity (Wildman–Crippen MR) is 112 cm³/mol. The molecule has 3 fully saturated rings. The Bertz CT molecular complexity index is 903. The fourth-order valence-electron chi connectivity index (χ4n) is 6.19. The highest BCUT2D eigenvalue weighted by Gasteiger charge is 2.58. The lowest BCUT2D eigenvalue weighted by Crippen LogP contribution is -2.55. The molecule has 8 heteroatoms. The van der Waals surface area contributed by atoms with Gasteiger partial charge < -0.3 is 24.2 Å². The van der Waals surface area contributed by atoms with Crippen LogP contribution in [0.1, 0.15) is 43.8 Å². The highest BCUT2D eigenvalue weighted by Crippen LogP contribution is 2.50. The molecule has 4 heterocycles. The maximum atomic E-state index is 13.9. The van der Waals surface area contributed by atoms with Gasteiger partial charge in [0.25, 0.3) is 5.56 Å². The first-order chi connectivity index (χ1) is 15.1. The zero-order valence-electron chi connectivity index (χ0n) is 17.8. The monoisotopic (exact) mass is 429 g/mol. The standard InChI is InChI=1S/C23H31N3O5/c27-14-17-16-13-25-18(7-4-8-19(25)28)20(16)26(22(29)15-5-2-1-3-6-15)21(17)23(30)24-9-11-31-12-10-24/h4,7-8,15-17,20-21,27H,1-3,5-6,9-14H2/t16-,17-,20+,21-/m1/s1. The lowest BCUT2D eigenvalue weighted by atomic mass is 9.87. The van der Waals surface area contributed by atoms with E-state index in [9.17, 15) is 19.5 Å². The first kappa shape index (κ1) is 20.7. The Morgan fingerprint density at radius 2 is 1.81 bits per heavy atom. The Labute approximate surface area is 181 Å². The number of aromatic nitrogens is 1. The average Bonchev–Trinajstić information content (AvgIpc) is 3.34. The van der Waals surface area contributed by atoms with Crippen LogP contribution in [0.3, 0.4) is 0 Å². The third-order valence-corrected chi connectivity index (χ3v) is 7.74. The Balaban J connectivity index is 1.56. The van der Waals surface area contributed by atoms with E-state index in [-0.39, 0.29) is 47.8 Å². The molecule has 4 atom stereocenters. The maximum Gasteiger partial charge on any atom is 0.250 e. The molecule has 1 aromatic heterocycles. The smallest absolute Gasteiger partial charge is 0.250 e. The van der Waals surface area contributed by atoms with Crippen LogP contribution in [0.4, 0.5) is 0 Å². The van der Waals surface area contributed by atoms with Gasteiger partial charge in [-0.25, -0.2) is 0 Å². The number of likely N-dealkylation sites (tertiary alicyclic amines) is 1. The highest BCUT2D eigenvalue weighted by molar-refractivity contribution is 5.90. The number of nitrogens with zero attached hydrogens (tertiary/aromatic N) is 3. The Hall–Kier alpha value is -2.19. The molecule has 5 rings (SSSR count). The van der Waals surface area contributed by atoms with Crippen molar-refractivity contribution < 1.29 is 19.4 Å². The second-order valence-electron chi connectivity index (χ2n) is 9.32. The van der Waals surface area contributed by atoms with Gasteiger partial charge in [-0.15, -0.1) is 0 Å². The summed E-state index contributed by atoms with van der Waals surface area (Å²) in [6.45, 7) is 2.24. The van der Waals surface area contributed by atoms with Crippen LogP contribution in [0.25, 0.3) is 0 Å². The quantitative estimate of drug-likeness (QED) is 0.767. The zero-order valence-corrected chi connectivity index (χ0v) is 17.8. The topological polar surface area (TPSA) is 92.1 Å². The largest absolute Gasteiger partial charge is 0.396 e. The molecule has 0 unspecified atom stereocenters. The van der Waals surface area contributed by atoms with Crippen molar-refractivity contribution in [3.63, 3.8) is 0 Å². The van der Waals surface area contributed by atoms with Crippen LogP contribution in [0.15, 0.2) is 23.0 Å². The molecule has 2 saturated heterocycles. The van der Waals surface area contributed by atoms with Crippen LogP contribution in [-0.4, -0.2) is 70.2 Å². The minimum Gasteiger partial charge on any atom is -0.396 e. The summed E-state index contributed by atoms with van der Waals surface area (Å²) in [5.41, 5.74) is 0.696. The van der Waals surface area contributed by atoms with E-state index in [1.165, 1.54) is 6.07 Å². The van der Waals surface area contributed by atoms with Crippen molar-refractivity contribution in [3.8, 4) is 0 Å². The molecule has 168 valence electrons. The van der Waals surface area contributed by atoms with E-state index >= 15 is 0 Å². The number of amides is 2. The molecule has 3 aliphatic heterocycles. The molecule has 0 spiro atoms. The molecule has 4 aliphatic rings. The summed E-state index contributed by atoms with van der Waals surface area (Å²) in [6, 6.07) is 4.13. The van der Waals surface area contributed by atoms with Crippen LogP contribution in [-0.2, 0) is 20.9 Å². The average molecular weight is 430 g/mol. The SMILES string of the molecule is O=C([C@H]1[C@H](CO)[C@H]2Cn3c(cccc3=O)[C@H]2N1C(=O)C1CCCCC1)N1CCOCC1. The van der Waals surface area contributed by atoms with Crippen molar-refractivity contribution in [2.24, 2.45) is 17.8 Å². The van der Waals surface area contributed by atoms with Gasteiger partial charge in [-0.1, -0.05) is 25.3 Å². The van der Waals surface area contributed by atoms with Crippen LogP contribution in [0.2, 0.25) is 0 Å². The normalized spacial score (nSPS) is 30.9. The van der Waals surface area contributed by atoms with E-state index in [0.717, 1.165) is 37.8 Å². The molecule has 1 aliphatic carbocycles. The van der Waals surface area contributed by atoms with Crippen molar-refractivity contribution in [3.05, 3.63) is 34.2 Å². The molecule has 1 aromatic rings. The third kappa shape index (κ3) is 3.40. The van der Waals surface area contributed by atoms with Gasteiger partial charge in [0.15, 0.2) is 0 Å². The van der Waals surface area contributed by atoms with E-state index in [1.54, 1.807) is 20.4 Å². The summed E-state index contributed by atoms with van der Waals surface area (Å²) in [6.07, 6.45) is 4.89. The minimum atomic E-state index is -0.684. The molecular weight excluding hydrogens is 398 g/mol. The Morgan fingerprint density at radius 1 is 1.06 bits per heavy atom. The van der Waals surface area contributed by atoms with Crippen molar-refractivity contribution in [1.29, 1.82) is 0 Å². The van der Waals surface area contributed by atoms with Crippen molar-refractivity contribution in [2.75, 3.05) is 32.9 Å².